The smallest absolute Gasteiger partial charge is 0.271 e. The summed E-state index contributed by atoms with van der Waals surface area (Å²) in [6.45, 7) is 4.46. The molecule has 0 saturated carbocycles. The first-order valence-corrected chi connectivity index (χ1v) is 9.88. The Morgan fingerprint density at radius 1 is 1.33 bits per heavy atom. The van der Waals surface area contributed by atoms with E-state index in [1.165, 1.54) is 25.3 Å². The summed E-state index contributed by atoms with van der Waals surface area (Å²) in [4.78, 5) is 37.7. The molecule has 1 saturated heterocycles. The summed E-state index contributed by atoms with van der Waals surface area (Å²) in [6.07, 6.45) is 1.02. The molecule has 1 N–H and O–H groups in total. The molecule has 2 amide bonds. The standard InChI is InChI=1S/C22H25N3O5/c1-4-14(2)17-7-5-6-8-19(17)24-13-15(11-21(24)26)22(27)23-18-12-16(25(28)29)9-10-20(18)30-3/h5-10,12,14-15H,4,11,13H2,1-3H3,(H,23,27). The molecule has 0 spiro atoms. The van der Waals surface area contributed by atoms with Crippen molar-refractivity contribution in [2.24, 2.45) is 5.92 Å². The number of hydrogen-bond acceptors (Lipinski definition) is 5. The average molecular weight is 411 g/mol. The fourth-order valence-corrected chi connectivity index (χ4v) is 3.63. The average Bonchev–Trinajstić information content (AvgIpc) is 3.14. The number of benzene rings is 2. The minimum absolute atomic E-state index is 0.0813. The van der Waals surface area contributed by atoms with Crippen molar-refractivity contribution < 1.29 is 19.2 Å². The fraction of sp³-hybridized carbons (Fsp3) is 0.364. The van der Waals surface area contributed by atoms with E-state index in [1.54, 1.807) is 4.90 Å². The molecule has 2 aromatic rings. The van der Waals surface area contributed by atoms with Crippen molar-refractivity contribution in [2.45, 2.75) is 32.6 Å². The quantitative estimate of drug-likeness (QED) is 0.546. The minimum atomic E-state index is -0.563. The van der Waals surface area contributed by atoms with Crippen LogP contribution in [0.4, 0.5) is 17.1 Å². The number of carbonyl (C=O) groups is 2. The molecule has 30 heavy (non-hydrogen) atoms. The van der Waals surface area contributed by atoms with Crippen LogP contribution in [0.15, 0.2) is 42.5 Å². The number of amides is 2. The van der Waals surface area contributed by atoms with Gasteiger partial charge in [0.15, 0.2) is 0 Å². The van der Waals surface area contributed by atoms with E-state index in [0.29, 0.717) is 5.75 Å². The summed E-state index contributed by atoms with van der Waals surface area (Å²) in [5.74, 6) is -0.442. The lowest BCUT2D eigenvalue weighted by molar-refractivity contribution is -0.384. The number of nitro benzene ring substituents is 1. The maximum Gasteiger partial charge on any atom is 0.271 e. The monoisotopic (exact) mass is 411 g/mol. The van der Waals surface area contributed by atoms with Gasteiger partial charge in [-0.05, 0) is 30.0 Å². The first kappa shape index (κ1) is 21.3. The summed E-state index contributed by atoms with van der Waals surface area (Å²) >= 11 is 0. The molecule has 8 nitrogen and oxygen atoms in total. The summed E-state index contributed by atoms with van der Waals surface area (Å²) in [5.41, 5.74) is 1.97. The Morgan fingerprint density at radius 2 is 2.07 bits per heavy atom. The number of hydrogen-bond donors (Lipinski definition) is 1. The van der Waals surface area contributed by atoms with Crippen LogP contribution < -0.4 is 15.0 Å². The Hall–Kier alpha value is -3.42. The zero-order valence-electron chi connectivity index (χ0n) is 17.3. The highest BCUT2D eigenvalue weighted by Crippen LogP contribution is 2.34. The van der Waals surface area contributed by atoms with E-state index in [-0.39, 0.29) is 42.1 Å². The number of carbonyl (C=O) groups excluding carboxylic acids is 2. The lowest BCUT2D eigenvalue weighted by Crippen LogP contribution is -2.29. The van der Waals surface area contributed by atoms with E-state index in [4.69, 9.17) is 4.74 Å². The highest BCUT2D eigenvalue weighted by Gasteiger charge is 2.36. The van der Waals surface area contributed by atoms with Crippen molar-refractivity contribution in [3.05, 3.63) is 58.1 Å². The van der Waals surface area contributed by atoms with Crippen LogP contribution in [-0.2, 0) is 9.59 Å². The predicted octanol–water partition coefficient (Wildman–Crippen LogP) is 4.11. The molecule has 0 radical (unpaired) electrons. The summed E-state index contributed by atoms with van der Waals surface area (Å²) in [6, 6.07) is 11.7. The SMILES string of the molecule is CCC(C)c1ccccc1N1CC(C(=O)Nc2cc([N+](=O)[O-])ccc2OC)CC1=O. The Morgan fingerprint density at radius 3 is 2.73 bits per heavy atom. The van der Waals surface area contributed by atoms with Gasteiger partial charge in [0, 0.05) is 30.8 Å². The zero-order chi connectivity index (χ0) is 21.8. The molecule has 8 heteroatoms. The number of para-hydroxylation sites is 1. The van der Waals surface area contributed by atoms with E-state index in [9.17, 15) is 19.7 Å². The predicted molar refractivity (Wildman–Crippen MR) is 114 cm³/mol. The topological polar surface area (TPSA) is 102 Å². The number of methoxy groups -OCH3 is 1. The van der Waals surface area contributed by atoms with Gasteiger partial charge in [-0.2, -0.15) is 0 Å². The van der Waals surface area contributed by atoms with Crippen molar-refractivity contribution in [1.29, 1.82) is 0 Å². The van der Waals surface area contributed by atoms with Crippen molar-refractivity contribution >= 4 is 28.9 Å². The summed E-state index contributed by atoms with van der Waals surface area (Å²) in [5, 5.41) is 13.7. The molecule has 1 aliphatic rings. The third-order valence-electron chi connectivity index (χ3n) is 5.52. The largest absolute Gasteiger partial charge is 0.495 e. The molecule has 0 aliphatic carbocycles. The van der Waals surface area contributed by atoms with Gasteiger partial charge in [0.25, 0.3) is 5.69 Å². The van der Waals surface area contributed by atoms with Crippen LogP contribution in [0.25, 0.3) is 0 Å². The second-order valence-corrected chi connectivity index (χ2v) is 7.40. The Kier molecular flexibility index (Phi) is 6.34. The Balaban J connectivity index is 1.80. The van der Waals surface area contributed by atoms with Gasteiger partial charge < -0.3 is 15.0 Å². The Labute approximate surface area is 175 Å². The van der Waals surface area contributed by atoms with Gasteiger partial charge in [-0.25, -0.2) is 0 Å². The minimum Gasteiger partial charge on any atom is -0.495 e. The van der Waals surface area contributed by atoms with Gasteiger partial charge in [0.2, 0.25) is 11.8 Å². The lowest BCUT2D eigenvalue weighted by Gasteiger charge is -2.23. The molecule has 2 aromatic carbocycles. The molecular weight excluding hydrogens is 386 g/mol. The van der Waals surface area contributed by atoms with Crippen LogP contribution in [-0.4, -0.2) is 30.4 Å². The number of nitro groups is 1. The molecule has 3 rings (SSSR count). The van der Waals surface area contributed by atoms with Crippen molar-refractivity contribution in [1.82, 2.24) is 0 Å². The van der Waals surface area contributed by atoms with Crippen LogP contribution in [0.1, 0.15) is 38.2 Å². The molecule has 1 fully saturated rings. The number of anilines is 2. The highest BCUT2D eigenvalue weighted by atomic mass is 16.6. The van der Waals surface area contributed by atoms with Crippen LogP contribution in [0, 0.1) is 16.0 Å². The van der Waals surface area contributed by atoms with E-state index in [2.05, 4.69) is 19.2 Å². The Bertz CT molecular complexity index is 975. The van der Waals surface area contributed by atoms with E-state index in [1.807, 2.05) is 24.3 Å². The molecule has 2 unspecified atom stereocenters. The van der Waals surface area contributed by atoms with E-state index >= 15 is 0 Å². The van der Waals surface area contributed by atoms with E-state index < -0.39 is 10.8 Å². The van der Waals surface area contributed by atoms with Gasteiger partial charge in [0.05, 0.1) is 23.6 Å². The van der Waals surface area contributed by atoms with Crippen LogP contribution in [0.3, 0.4) is 0 Å². The molecule has 1 heterocycles. The number of nitrogens with one attached hydrogen (secondary N) is 1. The second-order valence-electron chi connectivity index (χ2n) is 7.40. The zero-order valence-corrected chi connectivity index (χ0v) is 17.3. The lowest BCUT2D eigenvalue weighted by atomic mass is 9.96. The molecule has 1 aliphatic heterocycles. The number of ether oxygens (including phenoxy) is 1. The van der Waals surface area contributed by atoms with Gasteiger partial charge in [0.1, 0.15) is 5.75 Å². The van der Waals surface area contributed by atoms with Crippen LogP contribution in [0.2, 0.25) is 0 Å². The molecule has 158 valence electrons. The number of nitrogens with zero attached hydrogens (tertiary/aromatic N) is 2. The van der Waals surface area contributed by atoms with Crippen molar-refractivity contribution in [3.63, 3.8) is 0 Å². The van der Waals surface area contributed by atoms with Crippen molar-refractivity contribution in [2.75, 3.05) is 23.9 Å². The maximum atomic E-state index is 12.8. The first-order valence-electron chi connectivity index (χ1n) is 9.88. The van der Waals surface area contributed by atoms with Gasteiger partial charge in [-0.3, -0.25) is 19.7 Å². The van der Waals surface area contributed by atoms with Crippen LogP contribution >= 0.6 is 0 Å². The summed E-state index contributed by atoms with van der Waals surface area (Å²) < 4.78 is 5.19. The normalized spacial score (nSPS) is 17.0. The fourth-order valence-electron chi connectivity index (χ4n) is 3.63. The van der Waals surface area contributed by atoms with Gasteiger partial charge in [-0.1, -0.05) is 32.0 Å². The third-order valence-corrected chi connectivity index (χ3v) is 5.52. The molecule has 0 aromatic heterocycles. The molecule has 0 bridgehead atoms. The molecule has 2 atom stereocenters. The van der Waals surface area contributed by atoms with Crippen LogP contribution in [0.5, 0.6) is 5.75 Å². The second kappa shape index (κ2) is 8.94. The van der Waals surface area contributed by atoms with E-state index in [0.717, 1.165) is 17.7 Å². The highest BCUT2D eigenvalue weighted by molar-refractivity contribution is 6.04. The number of rotatable bonds is 7. The summed E-state index contributed by atoms with van der Waals surface area (Å²) in [7, 11) is 1.42. The van der Waals surface area contributed by atoms with Gasteiger partial charge >= 0.3 is 0 Å². The number of non-ortho nitro benzene ring substituents is 1. The van der Waals surface area contributed by atoms with Crippen molar-refractivity contribution in [3.8, 4) is 5.75 Å². The van der Waals surface area contributed by atoms with Gasteiger partial charge in [-0.15, -0.1) is 0 Å². The first-order chi connectivity index (χ1) is 14.3. The maximum absolute atomic E-state index is 12.8. The molecular formula is C22H25N3O5. The third kappa shape index (κ3) is 4.27.